The van der Waals surface area contributed by atoms with Gasteiger partial charge in [-0.2, -0.15) is 0 Å². The number of nitrogens with two attached hydrogens (primary N) is 1. The number of pyridine rings is 2. The molecule has 2 aromatic heterocycles. The molecule has 0 radical (unpaired) electrons. The molecule has 0 bridgehead atoms. The Kier molecular flexibility index (Phi) is 5.77. The van der Waals surface area contributed by atoms with Crippen LogP contribution in [0.25, 0.3) is 22.0 Å². The third-order valence-corrected chi connectivity index (χ3v) is 6.16. The van der Waals surface area contributed by atoms with Gasteiger partial charge in [-0.25, -0.2) is 18.7 Å². The Labute approximate surface area is 185 Å². The molecular weight excluding hydrogens is 418 g/mol. The molecule has 1 fully saturated rings. The van der Waals surface area contributed by atoms with Crippen LogP contribution in [-0.2, 0) is 4.74 Å². The number of halogens is 2. The van der Waals surface area contributed by atoms with Gasteiger partial charge in [0.2, 0.25) is 0 Å². The fraction of sp³-hybridized carbons (Fsp3) is 0.391. The van der Waals surface area contributed by atoms with Crippen LogP contribution in [0.4, 0.5) is 20.4 Å². The van der Waals surface area contributed by atoms with Gasteiger partial charge in [0.25, 0.3) is 0 Å². The summed E-state index contributed by atoms with van der Waals surface area (Å²) < 4.78 is 46.2. The van der Waals surface area contributed by atoms with E-state index in [2.05, 4.69) is 16.8 Å². The molecule has 9 heteroatoms. The lowest BCUT2D eigenvalue weighted by atomic mass is 9.93. The first-order valence-electron chi connectivity index (χ1n) is 10.3. The number of anilines is 2. The lowest BCUT2D eigenvalue weighted by Crippen LogP contribution is -2.44. The van der Waals surface area contributed by atoms with Crippen molar-refractivity contribution in [2.45, 2.75) is 25.4 Å². The average Bonchev–Trinajstić information content (AvgIpc) is 2.79. The largest absolute Gasteiger partial charge is 0.494 e. The van der Waals surface area contributed by atoms with Crippen molar-refractivity contribution in [3.05, 3.63) is 36.0 Å². The van der Waals surface area contributed by atoms with Crippen LogP contribution in [0.5, 0.6) is 11.5 Å². The molecule has 0 atom stereocenters. The normalized spacial score (nSPS) is 15.8. The topological polar surface area (TPSA) is 82.7 Å². The number of piperidine rings is 1. The predicted molar refractivity (Wildman–Crippen MR) is 119 cm³/mol. The van der Waals surface area contributed by atoms with E-state index in [4.69, 9.17) is 24.9 Å². The summed E-state index contributed by atoms with van der Waals surface area (Å²) in [5, 5.41) is 1.43. The van der Waals surface area contributed by atoms with Gasteiger partial charge >= 0.3 is 0 Å². The summed E-state index contributed by atoms with van der Waals surface area (Å²) in [6, 6.07) is 4.49. The zero-order valence-electron chi connectivity index (χ0n) is 18.5. The molecule has 170 valence electrons. The van der Waals surface area contributed by atoms with E-state index in [1.165, 1.54) is 20.3 Å². The van der Waals surface area contributed by atoms with E-state index in [-0.39, 0.29) is 28.4 Å². The van der Waals surface area contributed by atoms with Gasteiger partial charge in [0, 0.05) is 43.2 Å². The van der Waals surface area contributed by atoms with Crippen molar-refractivity contribution in [3.8, 4) is 22.8 Å². The maximum atomic E-state index is 15.2. The van der Waals surface area contributed by atoms with Crippen molar-refractivity contribution in [3.63, 3.8) is 0 Å². The Hall–Kier alpha value is -3.20. The highest BCUT2D eigenvalue weighted by Crippen LogP contribution is 2.40. The van der Waals surface area contributed by atoms with Crippen molar-refractivity contribution >= 4 is 22.4 Å². The number of hydrogen-bond donors (Lipinski definition) is 1. The van der Waals surface area contributed by atoms with Crippen LogP contribution in [0.1, 0.15) is 19.8 Å². The number of nitrogen functional groups attached to an aromatic ring is 1. The first-order valence-corrected chi connectivity index (χ1v) is 10.3. The lowest BCUT2D eigenvalue weighted by molar-refractivity contribution is -0.0133. The number of hydrogen-bond acceptors (Lipinski definition) is 7. The number of fused-ring (bicyclic) bond motifs is 1. The predicted octanol–water partition coefficient (Wildman–Crippen LogP) is 4.18. The van der Waals surface area contributed by atoms with Gasteiger partial charge in [-0.05, 0) is 31.9 Å². The molecule has 1 aliphatic heterocycles. The van der Waals surface area contributed by atoms with Crippen LogP contribution < -0.4 is 20.1 Å². The summed E-state index contributed by atoms with van der Waals surface area (Å²) in [4.78, 5) is 10.9. The van der Waals surface area contributed by atoms with Crippen LogP contribution in [0, 0.1) is 11.6 Å². The highest BCUT2D eigenvalue weighted by atomic mass is 19.1. The molecule has 1 aromatic carbocycles. The summed E-state index contributed by atoms with van der Waals surface area (Å²) >= 11 is 0. The van der Waals surface area contributed by atoms with Crippen LogP contribution in [0.3, 0.4) is 0 Å². The second-order valence-corrected chi connectivity index (χ2v) is 8.09. The van der Waals surface area contributed by atoms with Gasteiger partial charge in [-0.1, -0.05) is 0 Å². The van der Waals surface area contributed by atoms with Gasteiger partial charge in [0.1, 0.15) is 11.6 Å². The maximum absolute atomic E-state index is 15.2. The monoisotopic (exact) mass is 444 g/mol. The molecular formula is C23H26F2N4O3. The van der Waals surface area contributed by atoms with Crippen molar-refractivity contribution in [2.24, 2.45) is 0 Å². The minimum Gasteiger partial charge on any atom is -0.494 e. The fourth-order valence-corrected chi connectivity index (χ4v) is 4.02. The fourth-order valence-electron chi connectivity index (χ4n) is 4.02. The Morgan fingerprint density at radius 2 is 1.62 bits per heavy atom. The summed E-state index contributed by atoms with van der Waals surface area (Å²) in [6.45, 7) is 3.41. The van der Waals surface area contributed by atoms with E-state index < -0.39 is 11.6 Å². The van der Waals surface area contributed by atoms with E-state index in [0.717, 1.165) is 18.2 Å². The molecule has 1 aliphatic rings. The van der Waals surface area contributed by atoms with Crippen molar-refractivity contribution in [2.75, 3.05) is 45.1 Å². The van der Waals surface area contributed by atoms with Crippen molar-refractivity contribution in [1.82, 2.24) is 9.97 Å². The molecule has 3 aromatic rings. The summed E-state index contributed by atoms with van der Waals surface area (Å²) in [5.41, 5.74) is 5.51. The molecule has 2 N–H and O–H groups in total. The minimum atomic E-state index is -0.849. The second-order valence-electron chi connectivity index (χ2n) is 8.09. The first-order chi connectivity index (χ1) is 15.3. The third-order valence-electron chi connectivity index (χ3n) is 6.16. The van der Waals surface area contributed by atoms with Crippen LogP contribution >= 0.6 is 0 Å². The number of nitrogens with zero attached hydrogens (tertiary/aromatic N) is 3. The highest BCUT2D eigenvalue weighted by molar-refractivity contribution is 5.96. The van der Waals surface area contributed by atoms with Gasteiger partial charge in [-0.3, -0.25) is 0 Å². The first kappa shape index (κ1) is 22.0. The van der Waals surface area contributed by atoms with E-state index in [0.29, 0.717) is 30.1 Å². The molecule has 1 saturated heterocycles. The molecule has 0 spiro atoms. The molecule has 4 rings (SSSR count). The SMILES string of the molecule is COc1cc(OC)c(F)c(-c2cc3cnc(N)cc3c(N3CCC(C)(OC)CC3)n2)c1F. The van der Waals surface area contributed by atoms with E-state index >= 15 is 8.78 Å². The minimum absolute atomic E-state index is 0.117. The molecule has 0 unspecified atom stereocenters. The van der Waals surface area contributed by atoms with Gasteiger partial charge in [0.05, 0.1) is 31.1 Å². The third kappa shape index (κ3) is 3.77. The van der Waals surface area contributed by atoms with Crippen molar-refractivity contribution in [1.29, 1.82) is 0 Å². The number of ether oxygens (including phenoxy) is 3. The number of benzene rings is 1. The second kappa shape index (κ2) is 8.38. The summed E-state index contributed by atoms with van der Waals surface area (Å²) in [6.07, 6.45) is 3.15. The van der Waals surface area contributed by atoms with E-state index in [9.17, 15) is 0 Å². The van der Waals surface area contributed by atoms with Gasteiger partial charge < -0.3 is 24.8 Å². The Balaban J connectivity index is 1.91. The molecule has 0 amide bonds. The van der Waals surface area contributed by atoms with Gasteiger partial charge in [-0.15, -0.1) is 0 Å². The highest BCUT2D eigenvalue weighted by Gasteiger charge is 2.31. The maximum Gasteiger partial charge on any atom is 0.177 e. The molecule has 0 aliphatic carbocycles. The molecule has 0 saturated carbocycles. The van der Waals surface area contributed by atoms with Crippen LogP contribution in [0.2, 0.25) is 0 Å². The van der Waals surface area contributed by atoms with E-state index in [1.54, 1.807) is 25.4 Å². The Bertz CT molecular complexity index is 1140. The quantitative estimate of drug-likeness (QED) is 0.632. The molecule has 32 heavy (non-hydrogen) atoms. The average molecular weight is 444 g/mol. The number of methoxy groups -OCH3 is 3. The van der Waals surface area contributed by atoms with Gasteiger partial charge in [0.15, 0.2) is 23.1 Å². The number of aromatic nitrogens is 2. The summed E-state index contributed by atoms with van der Waals surface area (Å²) in [7, 11) is 4.33. The standard InChI is InChI=1S/C23H26F2N4O3/c1-23(32-4)5-7-29(8-6-23)22-14-10-18(26)27-12-13(14)9-15(28-22)19-20(24)16(30-2)11-17(31-3)21(19)25/h9-12H,5-8H2,1-4H3,(H2,26,27). The molecule has 7 nitrogen and oxygen atoms in total. The Morgan fingerprint density at radius 3 is 2.19 bits per heavy atom. The van der Waals surface area contributed by atoms with Crippen LogP contribution in [0.15, 0.2) is 24.4 Å². The van der Waals surface area contributed by atoms with Crippen molar-refractivity contribution < 1.29 is 23.0 Å². The molecule has 3 heterocycles. The number of rotatable bonds is 5. The van der Waals surface area contributed by atoms with E-state index in [1.807, 2.05) is 0 Å². The van der Waals surface area contributed by atoms with Crippen LogP contribution in [-0.4, -0.2) is 50.0 Å². The Morgan fingerprint density at radius 1 is 1.00 bits per heavy atom. The zero-order valence-corrected chi connectivity index (χ0v) is 18.5. The zero-order chi connectivity index (χ0) is 23.0. The smallest absolute Gasteiger partial charge is 0.177 e. The summed E-state index contributed by atoms with van der Waals surface area (Å²) in [5.74, 6) is -1.04. The lowest BCUT2D eigenvalue weighted by Gasteiger charge is -2.39.